The summed E-state index contributed by atoms with van der Waals surface area (Å²) < 4.78 is 13.3. The summed E-state index contributed by atoms with van der Waals surface area (Å²) in [5, 5.41) is 10.2. The summed E-state index contributed by atoms with van der Waals surface area (Å²) in [7, 11) is -2.20. The number of aliphatic hydroxyl groups excluding tert-OH is 1. The first-order valence-electron chi connectivity index (χ1n) is 12.5. The molecule has 4 aliphatic carbocycles. The van der Waals surface area contributed by atoms with Crippen LogP contribution in [0.4, 0.5) is 0 Å². The monoisotopic (exact) mass is 440 g/mol. The van der Waals surface area contributed by atoms with Crippen LogP contribution in [0.15, 0.2) is 46.9 Å². The Kier molecular flexibility index (Phi) is 5.45. The lowest BCUT2D eigenvalue weighted by Gasteiger charge is -2.58. The molecule has 1 N–H and O–H groups in total. The average Bonchev–Trinajstić information content (AvgIpc) is 3.10. The van der Waals surface area contributed by atoms with Crippen LogP contribution in [0.2, 0.25) is 0 Å². The Balaban J connectivity index is 1.32. The molecule has 1 aromatic carbocycles. The molecule has 3 saturated carbocycles. The van der Waals surface area contributed by atoms with Crippen LogP contribution in [-0.4, -0.2) is 27.0 Å². The SMILES string of the molecule is C=S(=O)(CC[C@H]1CCC2C3CC=C4CC(O)CCC4(C)C3CCC21C)c1ccccc1. The summed E-state index contributed by atoms with van der Waals surface area (Å²) in [6.07, 6.45) is 13.0. The Morgan fingerprint density at radius 3 is 2.61 bits per heavy atom. The van der Waals surface area contributed by atoms with Crippen LogP contribution in [0.3, 0.4) is 0 Å². The summed E-state index contributed by atoms with van der Waals surface area (Å²) in [6.45, 7) is 5.07. The summed E-state index contributed by atoms with van der Waals surface area (Å²) >= 11 is 0. The van der Waals surface area contributed by atoms with Gasteiger partial charge in [0, 0.05) is 10.6 Å². The molecule has 0 spiro atoms. The van der Waals surface area contributed by atoms with Crippen LogP contribution in [-0.2, 0) is 9.52 Å². The van der Waals surface area contributed by atoms with Crippen LogP contribution in [0.5, 0.6) is 0 Å². The second-order valence-electron chi connectivity index (χ2n) is 11.6. The maximum atomic E-state index is 13.3. The van der Waals surface area contributed by atoms with Crippen molar-refractivity contribution < 1.29 is 9.32 Å². The van der Waals surface area contributed by atoms with Crippen molar-refractivity contribution in [1.82, 2.24) is 0 Å². The zero-order valence-electron chi connectivity index (χ0n) is 19.4. The molecular weight excluding hydrogens is 400 g/mol. The van der Waals surface area contributed by atoms with E-state index in [1.807, 2.05) is 30.3 Å². The van der Waals surface area contributed by atoms with Gasteiger partial charge in [0.05, 0.1) is 6.10 Å². The highest BCUT2D eigenvalue weighted by Gasteiger charge is 2.58. The van der Waals surface area contributed by atoms with Crippen LogP contribution >= 0.6 is 0 Å². The van der Waals surface area contributed by atoms with Gasteiger partial charge in [-0.3, -0.25) is 4.21 Å². The van der Waals surface area contributed by atoms with Crippen LogP contribution in [0.1, 0.15) is 71.6 Å². The summed E-state index contributed by atoms with van der Waals surface area (Å²) in [5.41, 5.74) is 2.27. The van der Waals surface area contributed by atoms with E-state index in [1.165, 1.54) is 32.1 Å². The lowest BCUT2D eigenvalue weighted by atomic mass is 9.47. The second-order valence-corrected chi connectivity index (χ2v) is 14.1. The molecule has 8 atom stereocenters. The third kappa shape index (κ3) is 3.55. The standard InChI is InChI=1S/C28H40O2S/c1-27-17-14-26-24(11-9-21-19-22(29)13-16-28(21,26)2)25(27)12-10-20(27)15-18-31(3,30)23-7-5-4-6-8-23/h4-9,20,22,24-26,29H,3,10-19H2,1-2H3/t20-,22?,24?,25?,26?,27?,28?,31?/m1/s1. The largest absolute Gasteiger partial charge is 0.393 e. The Morgan fingerprint density at radius 2 is 1.84 bits per heavy atom. The van der Waals surface area contributed by atoms with Crippen molar-refractivity contribution in [2.24, 2.45) is 34.5 Å². The Bertz CT molecular complexity index is 948. The predicted molar refractivity (Wildman–Crippen MR) is 131 cm³/mol. The first-order valence-corrected chi connectivity index (χ1v) is 14.4. The molecule has 0 radical (unpaired) electrons. The number of rotatable bonds is 4. The molecule has 3 fully saturated rings. The van der Waals surface area contributed by atoms with E-state index >= 15 is 0 Å². The molecule has 0 aliphatic heterocycles. The van der Waals surface area contributed by atoms with Gasteiger partial charge in [0.15, 0.2) is 0 Å². The van der Waals surface area contributed by atoms with Crippen molar-refractivity contribution in [1.29, 1.82) is 0 Å². The van der Waals surface area contributed by atoms with Gasteiger partial charge in [-0.2, -0.15) is 0 Å². The number of fused-ring (bicyclic) bond motifs is 5. The highest BCUT2D eigenvalue weighted by Crippen LogP contribution is 2.66. The van der Waals surface area contributed by atoms with Crippen LogP contribution in [0.25, 0.3) is 0 Å². The fraction of sp³-hybridized carbons (Fsp3) is 0.679. The molecule has 0 aromatic heterocycles. The third-order valence-electron chi connectivity index (χ3n) is 10.2. The molecule has 4 aliphatic rings. The van der Waals surface area contributed by atoms with E-state index in [4.69, 9.17) is 0 Å². The van der Waals surface area contributed by atoms with Gasteiger partial charge >= 0.3 is 0 Å². The van der Waals surface area contributed by atoms with Crippen molar-refractivity contribution in [2.45, 2.75) is 82.6 Å². The highest BCUT2D eigenvalue weighted by atomic mass is 32.2. The lowest BCUT2D eigenvalue weighted by molar-refractivity contribution is -0.0499. The molecule has 7 unspecified atom stereocenters. The quantitative estimate of drug-likeness (QED) is 0.454. The van der Waals surface area contributed by atoms with Crippen LogP contribution < -0.4 is 0 Å². The van der Waals surface area contributed by atoms with Gasteiger partial charge in [-0.1, -0.05) is 43.7 Å². The van der Waals surface area contributed by atoms with Crippen molar-refractivity contribution in [3.05, 3.63) is 42.0 Å². The van der Waals surface area contributed by atoms with E-state index in [2.05, 4.69) is 25.8 Å². The number of allylic oxidation sites excluding steroid dienone is 1. The molecule has 1 aromatic rings. The van der Waals surface area contributed by atoms with Gasteiger partial charge in [-0.05, 0) is 120 Å². The zero-order valence-corrected chi connectivity index (χ0v) is 20.2. The maximum absolute atomic E-state index is 13.3. The molecule has 170 valence electrons. The van der Waals surface area contributed by atoms with Crippen molar-refractivity contribution in [3.8, 4) is 0 Å². The molecule has 5 rings (SSSR count). The fourth-order valence-corrected chi connectivity index (χ4v) is 9.90. The molecule has 0 heterocycles. The van der Waals surface area contributed by atoms with E-state index in [9.17, 15) is 9.32 Å². The Morgan fingerprint density at radius 1 is 1.06 bits per heavy atom. The van der Waals surface area contributed by atoms with Crippen molar-refractivity contribution in [2.75, 3.05) is 5.75 Å². The summed E-state index contributed by atoms with van der Waals surface area (Å²) in [6, 6.07) is 9.90. The first-order chi connectivity index (χ1) is 14.7. The first kappa shape index (κ1) is 21.8. The average molecular weight is 441 g/mol. The van der Waals surface area contributed by atoms with Gasteiger partial charge in [-0.25, -0.2) is 0 Å². The van der Waals surface area contributed by atoms with Gasteiger partial charge in [0.25, 0.3) is 0 Å². The normalized spacial score (nSPS) is 43.8. The highest BCUT2D eigenvalue weighted by molar-refractivity contribution is 8.00. The van der Waals surface area contributed by atoms with Gasteiger partial charge in [-0.15, -0.1) is 0 Å². The molecular formula is C28H40O2S. The third-order valence-corrected chi connectivity index (χ3v) is 12.3. The van der Waals surface area contributed by atoms with Gasteiger partial charge in [0.1, 0.15) is 0 Å². The summed E-state index contributed by atoms with van der Waals surface area (Å²) in [5.74, 6) is 7.94. The molecule has 0 bridgehead atoms. The van der Waals surface area contributed by atoms with E-state index in [0.29, 0.717) is 16.7 Å². The molecule has 3 heteroatoms. The van der Waals surface area contributed by atoms with E-state index in [-0.39, 0.29) is 6.10 Å². The van der Waals surface area contributed by atoms with E-state index < -0.39 is 9.52 Å². The van der Waals surface area contributed by atoms with Gasteiger partial charge in [0.2, 0.25) is 0 Å². The number of hydrogen-bond acceptors (Lipinski definition) is 2. The van der Waals surface area contributed by atoms with Crippen LogP contribution in [0, 0.1) is 34.5 Å². The molecule has 0 saturated heterocycles. The minimum absolute atomic E-state index is 0.122. The van der Waals surface area contributed by atoms with Crippen molar-refractivity contribution in [3.63, 3.8) is 0 Å². The number of aliphatic hydroxyl groups is 1. The number of benzene rings is 1. The lowest BCUT2D eigenvalue weighted by Crippen LogP contribution is -2.50. The van der Waals surface area contributed by atoms with Crippen molar-refractivity contribution >= 4 is 15.4 Å². The topological polar surface area (TPSA) is 37.3 Å². The van der Waals surface area contributed by atoms with Gasteiger partial charge < -0.3 is 5.11 Å². The molecule has 0 amide bonds. The van der Waals surface area contributed by atoms with E-state index in [0.717, 1.165) is 54.1 Å². The minimum Gasteiger partial charge on any atom is -0.393 e. The zero-order chi connectivity index (χ0) is 21.9. The number of hydrogen-bond donors (Lipinski definition) is 1. The predicted octanol–water partition coefficient (Wildman–Crippen LogP) is 6.09. The minimum atomic E-state index is -2.20. The Labute approximate surface area is 189 Å². The molecule has 31 heavy (non-hydrogen) atoms. The maximum Gasteiger partial charge on any atom is 0.0577 e. The smallest absolute Gasteiger partial charge is 0.0577 e. The summed E-state index contributed by atoms with van der Waals surface area (Å²) in [4.78, 5) is 0.913. The molecule has 2 nitrogen and oxygen atoms in total. The van der Waals surface area contributed by atoms with E-state index in [1.54, 1.807) is 5.57 Å². The fourth-order valence-electron chi connectivity index (χ4n) is 8.34. The Hall–Kier alpha value is -1.06. The second kappa shape index (κ2) is 7.76.